The van der Waals surface area contributed by atoms with Crippen LogP contribution in [0.2, 0.25) is 0 Å². The minimum absolute atomic E-state index is 0.195. The highest BCUT2D eigenvalue weighted by molar-refractivity contribution is 6.05. The number of aryl methyl sites for hydroxylation is 1. The Kier molecular flexibility index (Phi) is 4.30. The maximum absolute atomic E-state index is 13.1. The van der Waals surface area contributed by atoms with Crippen LogP contribution in [-0.2, 0) is 7.05 Å². The number of amides is 1. The molecule has 2 aromatic heterocycles. The third kappa shape index (κ3) is 3.13. The van der Waals surface area contributed by atoms with Crippen molar-refractivity contribution in [2.24, 2.45) is 7.05 Å². The molecule has 2 heterocycles. The molecular formula is C21H17N3O3. The van der Waals surface area contributed by atoms with Gasteiger partial charge >= 0.3 is 0 Å². The number of nitrogens with zero attached hydrogens (tertiary/aromatic N) is 2. The summed E-state index contributed by atoms with van der Waals surface area (Å²) < 4.78 is 6.71. The normalized spacial score (nSPS) is 12.0. The van der Waals surface area contributed by atoms with E-state index in [4.69, 9.17) is 4.42 Å². The summed E-state index contributed by atoms with van der Waals surface area (Å²) >= 11 is 0. The second kappa shape index (κ2) is 6.92. The van der Waals surface area contributed by atoms with E-state index in [-0.39, 0.29) is 17.2 Å². The summed E-state index contributed by atoms with van der Waals surface area (Å²) in [5.74, 6) is 0.232. The summed E-state index contributed by atoms with van der Waals surface area (Å²) in [5, 5.41) is 8.14. The van der Waals surface area contributed by atoms with Crippen LogP contribution in [0.4, 0.5) is 0 Å². The molecule has 27 heavy (non-hydrogen) atoms. The Morgan fingerprint density at radius 3 is 2.41 bits per heavy atom. The molecule has 1 atom stereocenters. The van der Waals surface area contributed by atoms with E-state index in [2.05, 4.69) is 10.4 Å². The fourth-order valence-corrected chi connectivity index (χ4v) is 3.09. The SMILES string of the molecule is Cn1nc(C(=O)NC(c2ccccc2)c2ccco2)c2ccccc2c1=O. The molecule has 0 aliphatic heterocycles. The summed E-state index contributed by atoms with van der Waals surface area (Å²) in [6.07, 6.45) is 1.57. The van der Waals surface area contributed by atoms with E-state index in [1.54, 1.807) is 36.6 Å². The van der Waals surface area contributed by atoms with E-state index in [1.807, 2.05) is 36.4 Å². The Morgan fingerprint density at radius 2 is 1.70 bits per heavy atom. The molecule has 1 N–H and O–H groups in total. The lowest BCUT2D eigenvalue weighted by Gasteiger charge is -2.17. The molecule has 0 bridgehead atoms. The number of carbonyl (C=O) groups is 1. The number of hydrogen-bond acceptors (Lipinski definition) is 4. The summed E-state index contributed by atoms with van der Waals surface area (Å²) in [6.45, 7) is 0. The van der Waals surface area contributed by atoms with Gasteiger partial charge in [0.25, 0.3) is 11.5 Å². The number of aromatic nitrogens is 2. The van der Waals surface area contributed by atoms with Crippen LogP contribution in [0, 0.1) is 0 Å². The average molecular weight is 359 g/mol. The molecule has 6 heteroatoms. The van der Waals surface area contributed by atoms with Crippen molar-refractivity contribution in [3.8, 4) is 0 Å². The maximum atomic E-state index is 13.1. The van der Waals surface area contributed by atoms with Crippen LogP contribution in [0.1, 0.15) is 27.9 Å². The van der Waals surface area contributed by atoms with E-state index in [0.717, 1.165) is 5.56 Å². The lowest BCUT2D eigenvalue weighted by molar-refractivity contribution is 0.0933. The van der Waals surface area contributed by atoms with Crippen molar-refractivity contribution in [2.45, 2.75) is 6.04 Å². The number of furan rings is 1. The first kappa shape index (κ1) is 16.8. The maximum Gasteiger partial charge on any atom is 0.274 e. The monoisotopic (exact) mass is 359 g/mol. The van der Waals surface area contributed by atoms with Gasteiger partial charge in [-0.2, -0.15) is 5.10 Å². The fraction of sp³-hybridized carbons (Fsp3) is 0.0952. The molecule has 0 saturated carbocycles. The van der Waals surface area contributed by atoms with Crippen molar-refractivity contribution in [2.75, 3.05) is 0 Å². The number of fused-ring (bicyclic) bond motifs is 1. The number of benzene rings is 2. The molecule has 0 aliphatic rings. The van der Waals surface area contributed by atoms with Crippen molar-refractivity contribution < 1.29 is 9.21 Å². The standard InChI is InChI=1S/C21H17N3O3/c1-24-21(26)16-11-6-5-10-15(16)19(23-24)20(25)22-18(17-12-7-13-27-17)14-8-3-2-4-9-14/h2-13,18H,1H3,(H,22,25). The highest BCUT2D eigenvalue weighted by Gasteiger charge is 2.23. The lowest BCUT2D eigenvalue weighted by Crippen LogP contribution is -2.32. The largest absolute Gasteiger partial charge is 0.467 e. The molecule has 0 radical (unpaired) electrons. The van der Waals surface area contributed by atoms with Gasteiger partial charge in [-0.1, -0.05) is 48.5 Å². The lowest BCUT2D eigenvalue weighted by atomic mass is 10.0. The second-order valence-corrected chi connectivity index (χ2v) is 6.16. The third-order valence-electron chi connectivity index (χ3n) is 4.41. The molecule has 1 amide bonds. The van der Waals surface area contributed by atoms with Crippen LogP contribution in [0.15, 0.2) is 82.2 Å². The van der Waals surface area contributed by atoms with Gasteiger partial charge in [0.2, 0.25) is 0 Å². The summed E-state index contributed by atoms with van der Waals surface area (Å²) in [4.78, 5) is 25.4. The predicted octanol–water partition coefficient (Wildman–Crippen LogP) is 3.05. The first-order valence-electron chi connectivity index (χ1n) is 8.50. The van der Waals surface area contributed by atoms with Crippen LogP contribution < -0.4 is 10.9 Å². The van der Waals surface area contributed by atoms with E-state index >= 15 is 0 Å². The minimum Gasteiger partial charge on any atom is -0.467 e. The molecule has 134 valence electrons. The number of carbonyl (C=O) groups excluding carboxylic acids is 1. The van der Waals surface area contributed by atoms with Crippen molar-refractivity contribution in [3.63, 3.8) is 0 Å². The van der Waals surface area contributed by atoms with Gasteiger partial charge in [0, 0.05) is 12.4 Å². The van der Waals surface area contributed by atoms with Crippen molar-refractivity contribution in [1.82, 2.24) is 15.1 Å². The van der Waals surface area contributed by atoms with Crippen LogP contribution in [0.5, 0.6) is 0 Å². The van der Waals surface area contributed by atoms with Crippen molar-refractivity contribution in [1.29, 1.82) is 0 Å². The highest BCUT2D eigenvalue weighted by Crippen LogP contribution is 2.23. The van der Waals surface area contributed by atoms with Crippen LogP contribution in [0.25, 0.3) is 10.8 Å². The molecular weight excluding hydrogens is 342 g/mol. The summed E-state index contributed by atoms with van der Waals surface area (Å²) in [5.41, 5.74) is 0.836. The molecule has 0 aliphatic carbocycles. The average Bonchev–Trinajstić information content (AvgIpc) is 3.24. The van der Waals surface area contributed by atoms with E-state index < -0.39 is 6.04 Å². The zero-order chi connectivity index (χ0) is 18.8. The van der Waals surface area contributed by atoms with Gasteiger partial charge in [-0.05, 0) is 23.8 Å². The van der Waals surface area contributed by atoms with Gasteiger partial charge in [-0.25, -0.2) is 4.68 Å². The molecule has 4 rings (SSSR count). The Balaban J connectivity index is 1.78. The zero-order valence-electron chi connectivity index (χ0n) is 14.6. The Bertz CT molecular complexity index is 1150. The smallest absolute Gasteiger partial charge is 0.274 e. The van der Waals surface area contributed by atoms with Crippen LogP contribution in [-0.4, -0.2) is 15.7 Å². The molecule has 0 saturated heterocycles. The number of nitrogens with one attached hydrogen (secondary N) is 1. The van der Waals surface area contributed by atoms with E-state index in [1.165, 1.54) is 11.7 Å². The molecule has 4 aromatic rings. The molecule has 0 fully saturated rings. The van der Waals surface area contributed by atoms with Crippen LogP contribution in [0.3, 0.4) is 0 Å². The molecule has 1 unspecified atom stereocenters. The fourth-order valence-electron chi connectivity index (χ4n) is 3.09. The van der Waals surface area contributed by atoms with Gasteiger partial charge in [0.1, 0.15) is 11.8 Å². The van der Waals surface area contributed by atoms with Gasteiger partial charge in [-0.3, -0.25) is 9.59 Å². The van der Waals surface area contributed by atoms with Gasteiger partial charge in [0.15, 0.2) is 5.69 Å². The Morgan fingerprint density at radius 1 is 1.00 bits per heavy atom. The van der Waals surface area contributed by atoms with E-state index in [0.29, 0.717) is 16.5 Å². The molecule has 6 nitrogen and oxygen atoms in total. The molecule has 0 spiro atoms. The number of hydrogen-bond donors (Lipinski definition) is 1. The van der Waals surface area contributed by atoms with Crippen molar-refractivity contribution in [3.05, 3.63) is 100 Å². The minimum atomic E-state index is -0.466. The first-order valence-corrected chi connectivity index (χ1v) is 8.50. The first-order chi connectivity index (χ1) is 13.1. The quantitative estimate of drug-likeness (QED) is 0.608. The predicted molar refractivity (Wildman–Crippen MR) is 101 cm³/mol. The summed E-state index contributed by atoms with van der Waals surface area (Å²) in [7, 11) is 1.53. The number of rotatable bonds is 4. The third-order valence-corrected chi connectivity index (χ3v) is 4.41. The zero-order valence-corrected chi connectivity index (χ0v) is 14.6. The summed E-state index contributed by atoms with van der Waals surface area (Å²) in [6, 6.07) is 19.6. The second-order valence-electron chi connectivity index (χ2n) is 6.16. The van der Waals surface area contributed by atoms with Gasteiger partial charge in [-0.15, -0.1) is 0 Å². The van der Waals surface area contributed by atoms with Crippen molar-refractivity contribution >= 4 is 16.7 Å². The highest BCUT2D eigenvalue weighted by atomic mass is 16.3. The Labute approximate surface area is 155 Å². The molecule has 2 aromatic carbocycles. The van der Waals surface area contributed by atoms with Crippen LogP contribution >= 0.6 is 0 Å². The van der Waals surface area contributed by atoms with E-state index in [9.17, 15) is 9.59 Å². The van der Waals surface area contributed by atoms with Gasteiger partial charge in [0.05, 0.1) is 11.6 Å². The Hall–Kier alpha value is -3.67. The van der Waals surface area contributed by atoms with Gasteiger partial charge < -0.3 is 9.73 Å². The topological polar surface area (TPSA) is 77.1 Å².